The highest BCUT2D eigenvalue weighted by atomic mass is 16.5. The van der Waals surface area contributed by atoms with E-state index < -0.39 is 0 Å². The summed E-state index contributed by atoms with van der Waals surface area (Å²) in [6.07, 6.45) is 10.0. The first kappa shape index (κ1) is 16.5. The molecule has 102 valence electrons. The van der Waals surface area contributed by atoms with Gasteiger partial charge in [-0.1, -0.05) is 59.3 Å². The first-order valence-electron chi connectivity index (χ1n) is 7.23. The van der Waals surface area contributed by atoms with Gasteiger partial charge in [0.1, 0.15) is 0 Å². The van der Waals surface area contributed by atoms with Crippen LogP contribution in [0.1, 0.15) is 79.1 Å². The molecule has 0 bridgehead atoms. The summed E-state index contributed by atoms with van der Waals surface area (Å²) in [4.78, 5) is 10.6. The average Bonchev–Trinajstić information content (AvgIpc) is 2.33. The predicted molar refractivity (Wildman–Crippen MR) is 73.0 cm³/mol. The maximum absolute atomic E-state index is 10.6. The molecular formula is C15H30O2. The highest BCUT2D eigenvalue weighted by Crippen LogP contribution is 2.36. The molecule has 0 heterocycles. The third-order valence-corrected chi connectivity index (χ3v) is 4.16. The van der Waals surface area contributed by atoms with Gasteiger partial charge in [-0.25, -0.2) is 0 Å². The van der Waals surface area contributed by atoms with Crippen LogP contribution in [-0.4, -0.2) is 12.6 Å². The van der Waals surface area contributed by atoms with Gasteiger partial charge in [-0.15, -0.1) is 0 Å². The Morgan fingerprint density at radius 1 is 0.941 bits per heavy atom. The fourth-order valence-electron chi connectivity index (χ4n) is 2.45. The van der Waals surface area contributed by atoms with Gasteiger partial charge >= 0.3 is 5.97 Å². The summed E-state index contributed by atoms with van der Waals surface area (Å²) in [6, 6.07) is 0. The Labute approximate surface area is 107 Å². The van der Waals surface area contributed by atoms with Gasteiger partial charge in [0.25, 0.3) is 0 Å². The summed E-state index contributed by atoms with van der Waals surface area (Å²) in [5, 5.41) is 0. The number of ether oxygens (including phenoxy) is 1. The Hall–Kier alpha value is -0.530. The minimum atomic E-state index is -0.160. The Bertz CT molecular complexity index is 187. The Morgan fingerprint density at radius 3 is 1.94 bits per heavy atom. The molecule has 0 atom stereocenters. The summed E-state index contributed by atoms with van der Waals surface area (Å²) in [6.45, 7) is 9.00. The van der Waals surface area contributed by atoms with Crippen molar-refractivity contribution in [3.63, 3.8) is 0 Å². The van der Waals surface area contributed by atoms with Crippen LogP contribution in [0.2, 0.25) is 0 Å². The van der Waals surface area contributed by atoms with Crippen LogP contribution in [0.3, 0.4) is 0 Å². The van der Waals surface area contributed by atoms with Crippen molar-refractivity contribution in [2.45, 2.75) is 79.1 Å². The number of hydrogen-bond acceptors (Lipinski definition) is 2. The van der Waals surface area contributed by atoms with Crippen LogP contribution < -0.4 is 0 Å². The molecule has 0 saturated heterocycles. The van der Waals surface area contributed by atoms with E-state index in [1.54, 1.807) is 0 Å². The Balaban J connectivity index is 3.52. The van der Waals surface area contributed by atoms with Crippen LogP contribution in [0, 0.1) is 5.41 Å². The van der Waals surface area contributed by atoms with Crippen molar-refractivity contribution in [1.82, 2.24) is 0 Å². The van der Waals surface area contributed by atoms with Gasteiger partial charge in [0.2, 0.25) is 0 Å². The quantitative estimate of drug-likeness (QED) is 0.409. The Kier molecular flexibility index (Phi) is 9.20. The van der Waals surface area contributed by atoms with E-state index in [-0.39, 0.29) is 5.97 Å². The molecule has 0 aliphatic carbocycles. The zero-order valence-corrected chi connectivity index (χ0v) is 12.2. The number of unbranched alkanes of at least 4 members (excludes halogenated alkanes) is 3. The van der Waals surface area contributed by atoms with Crippen molar-refractivity contribution in [3.8, 4) is 0 Å². The van der Waals surface area contributed by atoms with Crippen molar-refractivity contribution in [3.05, 3.63) is 0 Å². The molecule has 0 aromatic heterocycles. The number of hydrogen-bond donors (Lipinski definition) is 0. The first-order valence-corrected chi connectivity index (χ1v) is 7.23. The molecule has 0 fully saturated rings. The van der Waals surface area contributed by atoms with E-state index in [9.17, 15) is 4.79 Å². The molecule has 0 amide bonds. The van der Waals surface area contributed by atoms with Gasteiger partial charge in [-0.2, -0.15) is 0 Å². The highest BCUT2D eigenvalue weighted by molar-refractivity contribution is 5.65. The van der Waals surface area contributed by atoms with Crippen LogP contribution in [0.15, 0.2) is 0 Å². The molecule has 0 aliphatic heterocycles. The number of esters is 1. The van der Waals surface area contributed by atoms with Crippen molar-refractivity contribution in [2.75, 3.05) is 6.61 Å². The second-order valence-corrected chi connectivity index (χ2v) is 5.06. The van der Waals surface area contributed by atoms with Crippen molar-refractivity contribution in [2.24, 2.45) is 5.41 Å². The number of rotatable bonds is 10. The molecule has 0 unspecified atom stereocenters. The van der Waals surface area contributed by atoms with Crippen LogP contribution in [0.4, 0.5) is 0 Å². The summed E-state index contributed by atoms with van der Waals surface area (Å²) in [5.41, 5.74) is 0.579. The minimum absolute atomic E-state index is 0.160. The largest absolute Gasteiger partial charge is 0.466 e. The average molecular weight is 242 g/mol. The van der Waals surface area contributed by atoms with E-state index >= 15 is 0 Å². The van der Waals surface area contributed by atoms with E-state index in [4.69, 9.17) is 4.74 Å². The van der Waals surface area contributed by atoms with E-state index in [1.807, 2.05) is 0 Å². The minimum Gasteiger partial charge on any atom is -0.466 e. The monoisotopic (exact) mass is 242 g/mol. The lowest BCUT2D eigenvalue weighted by molar-refractivity contribution is -0.141. The lowest BCUT2D eigenvalue weighted by atomic mass is 9.75. The molecule has 0 spiro atoms. The molecule has 0 radical (unpaired) electrons. The smallest absolute Gasteiger partial charge is 0.302 e. The highest BCUT2D eigenvalue weighted by Gasteiger charge is 2.22. The lowest BCUT2D eigenvalue weighted by Gasteiger charge is -2.30. The van der Waals surface area contributed by atoms with Crippen molar-refractivity contribution in [1.29, 1.82) is 0 Å². The molecular weight excluding hydrogens is 212 g/mol. The molecule has 0 saturated carbocycles. The molecule has 0 aromatic rings. The Morgan fingerprint density at radius 2 is 1.47 bits per heavy atom. The summed E-state index contributed by atoms with van der Waals surface area (Å²) in [7, 11) is 0. The molecule has 0 rings (SSSR count). The molecule has 0 aliphatic rings. The fraction of sp³-hybridized carbons (Fsp3) is 0.933. The van der Waals surface area contributed by atoms with Crippen molar-refractivity contribution < 1.29 is 9.53 Å². The first-order chi connectivity index (χ1) is 8.10. The van der Waals surface area contributed by atoms with Gasteiger partial charge in [0.15, 0.2) is 0 Å². The van der Waals surface area contributed by atoms with E-state index in [2.05, 4.69) is 20.8 Å². The topological polar surface area (TPSA) is 26.3 Å². The third-order valence-electron chi connectivity index (χ3n) is 4.16. The zero-order chi connectivity index (χ0) is 13.1. The molecule has 2 heteroatoms. The second-order valence-electron chi connectivity index (χ2n) is 5.06. The maximum atomic E-state index is 10.6. The standard InChI is InChI=1S/C15H30O2/c1-5-15(6-2,7-3)12-10-8-9-11-13-17-14(4)16/h5-13H2,1-4H3. The molecule has 2 nitrogen and oxygen atoms in total. The van der Waals surface area contributed by atoms with Gasteiger partial charge in [-0.3, -0.25) is 4.79 Å². The van der Waals surface area contributed by atoms with Crippen molar-refractivity contribution >= 4 is 5.97 Å². The van der Waals surface area contributed by atoms with Crippen LogP contribution in [-0.2, 0) is 9.53 Å². The summed E-state index contributed by atoms with van der Waals surface area (Å²) >= 11 is 0. The van der Waals surface area contributed by atoms with Gasteiger partial charge in [0.05, 0.1) is 6.61 Å². The molecule has 17 heavy (non-hydrogen) atoms. The van der Waals surface area contributed by atoms with Crippen LogP contribution in [0.5, 0.6) is 0 Å². The maximum Gasteiger partial charge on any atom is 0.302 e. The summed E-state index contributed by atoms with van der Waals surface area (Å²) in [5.74, 6) is -0.160. The van der Waals surface area contributed by atoms with E-state index in [0.717, 1.165) is 6.42 Å². The third kappa shape index (κ3) is 7.40. The SMILES string of the molecule is CCC(CC)(CC)CCCCCCOC(C)=O. The normalized spacial score (nSPS) is 11.5. The second kappa shape index (κ2) is 9.49. The zero-order valence-electron chi connectivity index (χ0n) is 12.2. The van der Waals surface area contributed by atoms with Crippen LogP contribution >= 0.6 is 0 Å². The van der Waals surface area contributed by atoms with E-state index in [0.29, 0.717) is 12.0 Å². The van der Waals surface area contributed by atoms with Gasteiger partial charge in [0, 0.05) is 6.92 Å². The number of carbonyl (C=O) groups excluding carboxylic acids is 1. The molecule has 0 aromatic carbocycles. The number of carbonyl (C=O) groups is 1. The fourth-order valence-corrected chi connectivity index (χ4v) is 2.45. The van der Waals surface area contributed by atoms with Gasteiger partial charge in [-0.05, 0) is 18.3 Å². The summed E-state index contributed by atoms with van der Waals surface area (Å²) < 4.78 is 4.91. The predicted octanol–water partition coefficient (Wildman–Crippen LogP) is 4.72. The molecule has 0 N–H and O–H groups in total. The lowest BCUT2D eigenvalue weighted by Crippen LogP contribution is -2.17. The van der Waals surface area contributed by atoms with Gasteiger partial charge < -0.3 is 4.74 Å². The van der Waals surface area contributed by atoms with Crippen LogP contribution in [0.25, 0.3) is 0 Å². The van der Waals surface area contributed by atoms with E-state index in [1.165, 1.54) is 51.9 Å².